The molecule has 0 bridgehead atoms. The molecule has 92 valence electrons. The number of esters is 1. The summed E-state index contributed by atoms with van der Waals surface area (Å²) in [5.74, 6) is -1.64. The highest BCUT2D eigenvalue weighted by Crippen LogP contribution is 2.15. The lowest BCUT2D eigenvalue weighted by Gasteiger charge is -2.05. The number of carbonyl (C=O) groups excluding carboxylic acids is 2. The first-order valence-corrected chi connectivity index (χ1v) is 4.68. The number of benzene rings is 1. The van der Waals surface area contributed by atoms with Gasteiger partial charge in [-0.15, -0.1) is 0 Å². The first-order valence-electron chi connectivity index (χ1n) is 4.68. The van der Waals surface area contributed by atoms with Crippen molar-refractivity contribution >= 4 is 11.8 Å². The van der Waals surface area contributed by atoms with Gasteiger partial charge in [0, 0.05) is 6.42 Å². The van der Waals surface area contributed by atoms with Gasteiger partial charge in [-0.2, -0.15) is 8.78 Å². The van der Waals surface area contributed by atoms with Gasteiger partial charge in [0.1, 0.15) is 5.75 Å². The van der Waals surface area contributed by atoms with Crippen LogP contribution in [0.5, 0.6) is 5.75 Å². The molecule has 0 amide bonds. The van der Waals surface area contributed by atoms with Gasteiger partial charge in [0.25, 0.3) is 0 Å². The Morgan fingerprint density at radius 2 is 1.82 bits per heavy atom. The van der Waals surface area contributed by atoms with Crippen LogP contribution < -0.4 is 4.74 Å². The van der Waals surface area contributed by atoms with E-state index in [1.165, 1.54) is 24.3 Å². The van der Waals surface area contributed by atoms with E-state index in [2.05, 4.69) is 9.47 Å². The average Bonchev–Trinajstić information content (AvgIpc) is 2.30. The van der Waals surface area contributed by atoms with E-state index in [0.717, 1.165) is 7.11 Å². The minimum Gasteiger partial charge on any atom is -0.463 e. The summed E-state index contributed by atoms with van der Waals surface area (Å²) in [6, 6.07) is 5.45. The van der Waals surface area contributed by atoms with Crippen LogP contribution >= 0.6 is 0 Å². The van der Waals surface area contributed by atoms with Crippen LogP contribution in [0.4, 0.5) is 8.78 Å². The lowest BCUT2D eigenvalue weighted by atomic mass is 10.1. The molecule has 0 saturated heterocycles. The van der Waals surface area contributed by atoms with Crippen LogP contribution in [-0.2, 0) is 20.7 Å². The number of carbonyl (C=O) groups is 2. The lowest BCUT2D eigenvalue weighted by Crippen LogP contribution is -2.17. The smallest absolute Gasteiger partial charge is 0.387 e. The fourth-order valence-corrected chi connectivity index (χ4v) is 1.16. The zero-order valence-electron chi connectivity index (χ0n) is 8.98. The highest BCUT2D eigenvalue weighted by atomic mass is 19.3. The van der Waals surface area contributed by atoms with E-state index in [1.54, 1.807) is 0 Å². The minimum atomic E-state index is -2.89. The van der Waals surface area contributed by atoms with Gasteiger partial charge in [0.05, 0.1) is 7.11 Å². The molecule has 1 aromatic carbocycles. The monoisotopic (exact) mass is 244 g/mol. The number of alkyl halides is 2. The number of ketones is 1. The SMILES string of the molecule is COC(=O)C(=O)Cc1ccc(OC(F)F)cc1. The number of methoxy groups -OCH3 is 1. The Hall–Kier alpha value is -1.98. The van der Waals surface area contributed by atoms with Crippen molar-refractivity contribution in [3.63, 3.8) is 0 Å². The third-order valence-corrected chi connectivity index (χ3v) is 1.93. The van der Waals surface area contributed by atoms with Crippen molar-refractivity contribution in [1.29, 1.82) is 0 Å². The van der Waals surface area contributed by atoms with Crippen molar-refractivity contribution in [2.75, 3.05) is 7.11 Å². The summed E-state index contributed by atoms with van der Waals surface area (Å²) in [6.07, 6.45) is -0.137. The molecule has 1 rings (SSSR count). The lowest BCUT2D eigenvalue weighted by molar-refractivity contribution is -0.151. The first kappa shape index (κ1) is 13.1. The molecule has 4 nitrogen and oxygen atoms in total. The van der Waals surface area contributed by atoms with Crippen LogP contribution in [0.1, 0.15) is 5.56 Å². The van der Waals surface area contributed by atoms with Crippen molar-refractivity contribution < 1.29 is 27.8 Å². The quantitative estimate of drug-likeness (QED) is 0.582. The summed E-state index contributed by atoms with van der Waals surface area (Å²) < 4.78 is 32.1. The zero-order chi connectivity index (χ0) is 12.8. The Labute approximate surface area is 96.1 Å². The standard InChI is InChI=1S/C11H10F2O4/c1-16-10(15)9(14)6-7-2-4-8(5-3-7)17-11(12)13/h2-5,11H,6H2,1H3. The Kier molecular flexibility index (Phi) is 4.56. The maximum Gasteiger partial charge on any atom is 0.387 e. The average molecular weight is 244 g/mol. The van der Waals surface area contributed by atoms with Crippen molar-refractivity contribution in [1.82, 2.24) is 0 Å². The van der Waals surface area contributed by atoms with E-state index in [-0.39, 0.29) is 12.2 Å². The molecule has 0 unspecified atom stereocenters. The number of Topliss-reactive ketones (excluding diaryl/α,β-unsaturated/α-hetero) is 1. The molecule has 0 heterocycles. The Morgan fingerprint density at radius 1 is 1.24 bits per heavy atom. The predicted molar refractivity (Wildman–Crippen MR) is 53.8 cm³/mol. The molecule has 0 spiro atoms. The molecule has 0 saturated carbocycles. The number of ether oxygens (including phenoxy) is 2. The summed E-state index contributed by atoms with van der Waals surface area (Å²) in [5.41, 5.74) is 0.516. The Morgan fingerprint density at radius 3 is 2.29 bits per heavy atom. The highest BCUT2D eigenvalue weighted by molar-refractivity contribution is 6.34. The van der Waals surface area contributed by atoms with Crippen molar-refractivity contribution in [2.45, 2.75) is 13.0 Å². The molecule has 17 heavy (non-hydrogen) atoms. The van der Waals surface area contributed by atoms with E-state index in [0.29, 0.717) is 5.56 Å². The van der Waals surface area contributed by atoms with Gasteiger partial charge < -0.3 is 9.47 Å². The molecule has 0 radical (unpaired) electrons. The van der Waals surface area contributed by atoms with Crippen molar-refractivity contribution in [3.8, 4) is 5.75 Å². The van der Waals surface area contributed by atoms with E-state index in [4.69, 9.17) is 0 Å². The van der Waals surface area contributed by atoms with Crippen LogP contribution in [0.3, 0.4) is 0 Å². The number of halogens is 2. The topological polar surface area (TPSA) is 52.6 Å². The summed E-state index contributed by atoms with van der Waals surface area (Å²) in [5, 5.41) is 0. The van der Waals surface area contributed by atoms with Gasteiger partial charge in [-0.3, -0.25) is 4.79 Å². The van der Waals surface area contributed by atoms with Crippen LogP contribution in [0.25, 0.3) is 0 Å². The maximum atomic E-state index is 11.8. The molecule has 0 aliphatic rings. The summed E-state index contributed by atoms with van der Waals surface area (Å²) in [7, 11) is 1.11. The van der Waals surface area contributed by atoms with Crippen LogP contribution in [0.2, 0.25) is 0 Å². The fraction of sp³-hybridized carbons (Fsp3) is 0.273. The van der Waals surface area contributed by atoms with Gasteiger partial charge in [-0.25, -0.2) is 4.79 Å². The molecule has 0 aromatic heterocycles. The molecule has 0 fully saturated rings. The third-order valence-electron chi connectivity index (χ3n) is 1.93. The third kappa shape index (κ3) is 4.18. The molecule has 0 atom stereocenters. The molecule has 6 heteroatoms. The predicted octanol–water partition coefficient (Wildman–Crippen LogP) is 1.57. The zero-order valence-corrected chi connectivity index (χ0v) is 8.98. The second kappa shape index (κ2) is 5.93. The van der Waals surface area contributed by atoms with Crippen LogP contribution in [0.15, 0.2) is 24.3 Å². The van der Waals surface area contributed by atoms with E-state index < -0.39 is 18.4 Å². The van der Waals surface area contributed by atoms with Crippen molar-refractivity contribution in [3.05, 3.63) is 29.8 Å². The Bertz CT molecular complexity index is 400. The first-order chi connectivity index (χ1) is 8.02. The second-order valence-electron chi connectivity index (χ2n) is 3.11. The summed E-state index contributed by atoms with van der Waals surface area (Å²) in [4.78, 5) is 22.0. The second-order valence-corrected chi connectivity index (χ2v) is 3.11. The van der Waals surface area contributed by atoms with Crippen LogP contribution in [-0.4, -0.2) is 25.5 Å². The highest BCUT2D eigenvalue weighted by Gasteiger charge is 2.14. The largest absolute Gasteiger partial charge is 0.463 e. The molecular formula is C11H10F2O4. The molecular weight excluding hydrogens is 234 g/mol. The number of hydrogen-bond donors (Lipinski definition) is 0. The maximum absolute atomic E-state index is 11.8. The van der Waals surface area contributed by atoms with Gasteiger partial charge in [0.2, 0.25) is 5.78 Å². The van der Waals surface area contributed by atoms with E-state index >= 15 is 0 Å². The minimum absolute atomic E-state index is 0.00531. The fourth-order valence-electron chi connectivity index (χ4n) is 1.16. The molecule has 0 aliphatic heterocycles. The van der Waals surface area contributed by atoms with E-state index in [1.807, 2.05) is 0 Å². The van der Waals surface area contributed by atoms with Crippen molar-refractivity contribution in [2.24, 2.45) is 0 Å². The molecule has 0 N–H and O–H groups in total. The molecule has 0 aliphatic carbocycles. The summed E-state index contributed by atoms with van der Waals surface area (Å²) >= 11 is 0. The van der Waals surface area contributed by atoms with Gasteiger partial charge in [0.15, 0.2) is 0 Å². The van der Waals surface area contributed by atoms with Gasteiger partial charge in [-0.05, 0) is 17.7 Å². The number of hydrogen-bond acceptors (Lipinski definition) is 4. The van der Waals surface area contributed by atoms with Gasteiger partial charge in [-0.1, -0.05) is 12.1 Å². The Balaban J connectivity index is 2.62. The normalized spacial score (nSPS) is 10.1. The number of rotatable bonds is 5. The van der Waals surface area contributed by atoms with Gasteiger partial charge >= 0.3 is 12.6 Å². The van der Waals surface area contributed by atoms with Crippen LogP contribution in [0, 0.1) is 0 Å². The van der Waals surface area contributed by atoms with E-state index in [9.17, 15) is 18.4 Å². The molecule has 1 aromatic rings. The summed E-state index contributed by atoms with van der Waals surface area (Å²) in [6.45, 7) is -2.89.